The summed E-state index contributed by atoms with van der Waals surface area (Å²) in [6, 6.07) is 0. The summed E-state index contributed by atoms with van der Waals surface area (Å²) in [6.45, 7) is 3.15. The van der Waals surface area contributed by atoms with Crippen LogP contribution in [0.2, 0.25) is 0 Å². The van der Waals surface area contributed by atoms with Crippen LogP contribution in [0.25, 0.3) is 0 Å². The van der Waals surface area contributed by atoms with Crippen molar-refractivity contribution in [2.24, 2.45) is 5.92 Å². The molecule has 0 aromatic carbocycles. The van der Waals surface area contributed by atoms with Crippen molar-refractivity contribution < 1.29 is 0 Å². The third-order valence-electron chi connectivity index (χ3n) is 3.79. The van der Waals surface area contributed by atoms with Gasteiger partial charge in [0.25, 0.3) is 0 Å². The number of aromatic nitrogens is 3. The van der Waals surface area contributed by atoms with Gasteiger partial charge in [0, 0.05) is 13.0 Å². The van der Waals surface area contributed by atoms with Crippen LogP contribution in [-0.4, -0.2) is 14.8 Å². The Morgan fingerprint density at radius 3 is 2.35 bits per heavy atom. The molecule has 96 valence electrons. The zero-order valence-electron chi connectivity index (χ0n) is 10.7. The highest BCUT2D eigenvalue weighted by atomic mass is 79.9. The van der Waals surface area contributed by atoms with Crippen LogP contribution < -0.4 is 0 Å². The molecule has 1 aliphatic rings. The molecule has 3 nitrogen and oxygen atoms in total. The average molecular weight is 300 g/mol. The highest BCUT2D eigenvalue weighted by molar-refractivity contribution is 9.08. The summed E-state index contributed by atoms with van der Waals surface area (Å²) in [4.78, 5) is 0. The Kier molecular flexibility index (Phi) is 5.01. The number of alkyl halides is 1. The van der Waals surface area contributed by atoms with Gasteiger partial charge in [-0.1, -0.05) is 54.5 Å². The van der Waals surface area contributed by atoms with Gasteiger partial charge in [0.05, 0.1) is 5.33 Å². The van der Waals surface area contributed by atoms with Crippen LogP contribution >= 0.6 is 15.9 Å². The fourth-order valence-electron chi connectivity index (χ4n) is 2.81. The maximum absolute atomic E-state index is 4.37. The average Bonchev–Trinajstić information content (AvgIpc) is 2.55. The fourth-order valence-corrected chi connectivity index (χ4v) is 3.23. The molecule has 0 N–H and O–H groups in total. The molecule has 0 radical (unpaired) electrons. The largest absolute Gasteiger partial charge is 0.315 e. The van der Waals surface area contributed by atoms with Crippen molar-refractivity contribution in [1.29, 1.82) is 0 Å². The molecule has 0 bridgehead atoms. The van der Waals surface area contributed by atoms with Crippen LogP contribution in [0, 0.1) is 5.92 Å². The van der Waals surface area contributed by atoms with E-state index in [9.17, 15) is 0 Å². The summed E-state index contributed by atoms with van der Waals surface area (Å²) in [6.07, 6.45) is 9.51. The molecule has 4 heteroatoms. The molecular formula is C13H22BrN3. The van der Waals surface area contributed by atoms with E-state index in [4.69, 9.17) is 0 Å². The molecule has 0 atom stereocenters. The second-order valence-electron chi connectivity index (χ2n) is 4.97. The second kappa shape index (κ2) is 6.53. The third kappa shape index (κ3) is 3.30. The van der Waals surface area contributed by atoms with E-state index in [-0.39, 0.29) is 0 Å². The molecule has 1 aliphatic carbocycles. The zero-order chi connectivity index (χ0) is 12.1. The maximum Gasteiger partial charge on any atom is 0.143 e. The van der Waals surface area contributed by atoms with E-state index in [1.54, 1.807) is 0 Å². The molecule has 1 aromatic rings. The molecule has 1 fully saturated rings. The van der Waals surface area contributed by atoms with Gasteiger partial charge in [-0.3, -0.25) is 0 Å². The first kappa shape index (κ1) is 13.1. The molecule has 0 spiro atoms. The SMILES string of the molecule is CCn1c(CBr)nnc1CC1CCCCCC1. The van der Waals surface area contributed by atoms with Crippen molar-refractivity contribution in [1.82, 2.24) is 14.8 Å². The van der Waals surface area contributed by atoms with Gasteiger partial charge in [-0.2, -0.15) is 0 Å². The lowest BCUT2D eigenvalue weighted by Gasteiger charge is -2.14. The summed E-state index contributed by atoms with van der Waals surface area (Å²) in [5.74, 6) is 3.08. The summed E-state index contributed by atoms with van der Waals surface area (Å²) in [5, 5.41) is 9.43. The molecule has 2 rings (SSSR count). The minimum atomic E-state index is 0.804. The van der Waals surface area contributed by atoms with Gasteiger partial charge in [0.15, 0.2) is 0 Å². The molecule has 1 heterocycles. The Morgan fingerprint density at radius 2 is 1.76 bits per heavy atom. The highest BCUT2D eigenvalue weighted by Crippen LogP contribution is 2.25. The molecule has 1 aromatic heterocycles. The summed E-state index contributed by atoms with van der Waals surface area (Å²) in [5.41, 5.74) is 0. The third-order valence-corrected chi connectivity index (χ3v) is 4.29. The number of rotatable bonds is 4. The number of hydrogen-bond donors (Lipinski definition) is 0. The summed E-state index contributed by atoms with van der Waals surface area (Å²) >= 11 is 3.48. The smallest absolute Gasteiger partial charge is 0.143 e. The van der Waals surface area contributed by atoms with Crippen molar-refractivity contribution in [3.05, 3.63) is 11.6 Å². The number of nitrogens with zero attached hydrogens (tertiary/aromatic N) is 3. The van der Waals surface area contributed by atoms with Crippen molar-refractivity contribution in [2.45, 2.75) is 63.7 Å². The topological polar surface area (TPSA) is 30.7 Å². The minimum absolute atomic E-state index is 0.804. The molecule has 1 saturated carbocycles. The second-order valence-corrected chi connectivity index (χ2v) is 5.53. The van der Waals surface area contributed by atoms with E-state index >= 15 is 0 Å². The Bertz CT molecular complexity index is 340. The van der Waals surface area contributed by atoms with Crippen LogP contribution in [0.5, 0.6) is 0 Å². The molecule has 17 heavy (non-hydrogen) atoms. The molecule has 0 aliphatic heterocycles. The Morgan fingerprint density at radius 1 is 1.12 bits per heavy atom. The van der Waals surface area contributed by atoms with Gasteiger partial charge in [-0.25, -0.2) is 0 Å². The lowest BCUT2D eigenvalue weighted by molar-refractivity contribution is 0.438. The van der Waals surface area contributed by atoms with Crippen molar-refractivity contribution in [3.63, 3.8) is 0 Å². The quantitative estimate of drug-likeness (QED) is 0.627. The summed E-state index contributed by atoms with van der Waals surface area (Å²) < 4.78 is 2.26. The Hall–Kier alpha value is -0.380. The van der Waals surface area contributed by atoms with E-state index in [2.05, 4.69) is 37.6 Å². The molecule has 0 saturated heterocycles. The van der Waals surface area contributed by atoms with Crippen molar-refractivity contribution in [2.75, 3.05) is 0 Å². The monoisotopic (exact) mass is 299 g/mol. The molecule has 0 unspecified atom stereocenters. The van der Waals surface area contributed by atoms with Gasteiger partial charge in [-0.05, 0) is 12.8 Å². The standard InChI is InChI=1S/C13H22BrN3/c1-2-17-12(15-16-13(17)10-14)9-11-7-5-3-4-6-8-11/h11H,2-10H2,1H3. The number of hydrogen-bond acceptors (Lipinski definition) is 2. The van der Waals surface area contributed by atoms with Gasteiger partial charge in [-0.15, -0.1) is 10.2 Å². The van der Waals surface area contributed by atoms with Crippen LogP contribution in [0.4, 0.5) is 0 Å². The van der Waals surface area contributed by atoms with Crippen LogP contribution in [0.15, 0.2) is 0 Å². The fraction of sp³-hybridized carbons (Fsp3) is 0.846. The van der Waals surface area contributed by atoms with Crippen molar-refractivity contribution in [3.8, 4) is 0 Å². The van der Waals surface area contributed by atoms with Gasteiger partial charge in [0.1, 0.15) is 11.6 Å². The van der Waals surface area contributed by atoms with Crippen LogP contribution in [0.3, 0.4) is 0 Å². The number of halogens is 1. The van der Waals surface area contributed by atoms with Gasteiger partial charge >= 0.3 is 0 Å². The highest BCUT2D eigenvalue weighted by Gasteiger charge is 2.17. The Labute approximate surface area is 112 Å². The Balaban J connectivity index is 2.03. The van der Waals surface area contributed by atoms with Crippen LogP contribution in [-0.2, 0) is 18.3 Å². The maximum atomic E-state index is 4.37. The van der Waals surface area contributed by atoms with E-state index in [0.717, 1.165) is 30.0 Å². The lowest BCUT2D eigenvalue weighted by Crippen LogP contribution is -2.11. The summed E-state index contributed by atoms with van der Waals surface area (Å²) in [7, 11) is 0. The van der Waals surface area contributed by atoms with E-state index in [1.165, 1.54) is 44.3 Å². The minimum Gasteiger partial charge on any atom is -0.315 e. The van der Waals surface area contributed by atoms with E-state index in [0.29, 0.717) is 0 Å². The molecular weight excluding hydrogens is 278 g/mol. The first-order chi connectivity index (χ1) is 8.35. The normalized spacial score (nSPS) is 18.2. The van der Waals surface area contributed by atoms with Gasteiger partial charge in [0.2, 0.25) is 0 Å². The van der Waals surface area contributed by atoms with E-state index in [1.807, 2.05) is 0 Å². The van der Waals surface area contributed by atoms with Crippen LogP contribution in [0.1, 0.15) is 57.1 Å². The predicted molar refractivity (Wildman–Crippen MR) is 73.2 cm³/mol. The predicted octanol–water partition coefficient (Wildman–Crippen LogP) is 3.71. The first-order valence-corrected chi connectivity index (χ1v) is 7.94. The lowest BCUT2D eigenvalue weighted by atomic mass is 9.96. The molecule has 0 amide bonds. The zero-order valence-corrected chi connectivity index (χ0v) is 12.2. The first-order valence-electron chi connectivity index (χ1n) is 6.82. The van der Waals surface area contributed by atoms with E-state index < -0.39 is 0 Å². The van der Waals surface area contributed by atoms with Gasteiger partial charge < -0.3 is 4.57 Å². The van der Waals surface area contributed by atoms with Crippen molar-refractivity contribution >= 4 is 15.9 Å².